The number of hydrogen-bond acceptors (Lipinski definition) is 6. The highest BCUT2D eigenvalue weighted by Gasteiger charge is 2.19. The molecule has 0 spiro atoms. The number of rotatable bonds is 49. The first-order chi connectivity index (χ1) is 32.5. The lowest BCUT2D eigenvalue weighted by atomic mass is 10.1. The number of carbonyl (C=O) groups is 3. The lowest BCUT2D eigenvalue weighted by molar-refractivity contribution is -0.167. The van der Waals surface area contributed by atoms with Crippen LogP contribution in [-0.4, -0.2) is 37.2 Å². The topological polar surface area (TPSA) is 78.9 Å². The van der Waals surface area contributed by atoms with Crippen molar-refractivity contribution in [2.45, 2.75) is 264 Å². The van der Waals surface area contributed by atoms with E-state index in [9.17, 15) is 14.4 Å². The summed E-state index contributed by atoms with van der Waals surface area (Å²) in [6, 6.07) is 0. The summed E-state index contributed by atoms with van der Waals surface area (Å²) in [7, 11) is 0. The van der Waals surface area contributed by atoms with Gasteiger partial charge >= 0.3 is 17.9 Å². The molecule has 0 aliphatic rings. The van der Waals surface area contributed by atoms with Crippen LogP contribution in [0.4, 0.5) is 0 Å². The van der Waals surface area contributed by atoms with Gasteiger partial charge in [0.1, 0.15) is 13.2 Å². The summed E-state index contributed by atoms with van der Waals surface area (Å²) < 4.78 is 16.8. The van der Waals surface area contributed by atoms with Crippen LogP contribution in [0.3, 0.4) is 0 Å². The van der Waals surface area contributed by atoms with Crippen LogP contribution in [-0.2, 0) is 28.6 Å². The first-order valence-corrected chi connectivity index (χ1v) is 27.6. The predicted octanol–water partition coefficient (Wildman–Crippen LogP) is 18.4. The lowest BCUT2D eigenvalue weighted by Gasteiger charge is -2.18. The van der Waals surface area contributed by atoms with Gasteiger partial charge in [-0.3, -0.25) is 14.4 Å². The van der Waals surface area contributed by atoms with Gasteiger partial charge in [0.25, 0.3) is 0 Å². The standard InChI is InChI=1S/C60H102O6/c1-4-7-10-13-16-19-22-25-28-29-30-31-33-35-38-41-44-47-50-53-59(62)65-56-57(55-64-58(61)52-49-46-43-40-37-34-27-24-21-18-15-12-9-6-3)66-60(63)54-51-48-45-42-39-36-32-26-23-20-17-14-11-8-5-2/h8,11,16-17,19-20,24-28,30-32,57H,4-7,9-10,12-15,18,21-23,29,33-56H2,1-3H3/b11-8-,19-16-,20-17-,27-24-,28-25-,31-30-,32-26-/t57-/m1/s1. The van der Waals surface area contributed by atoms with E-state index in [4.69, 9.17) is 14.2 Å². The van der Waals surface area contributed by atoms with Crippen molar-refractivity contribution < 1.29 is 28.6 Å². The highest BCUT2D eigenvalue weighted by molar-refractivity contribution is 5.71. The van der Waals surface area contributed by atoms with Crippen LogP contribution < -0.4 is 0 Å². The molecule has 0 N–H and O–H groups in total. The summed E-state index contributed by atoms with van der Waals surface area (Å²) in [4.78, 5) is 38.1. The zero-order valence-electron chi connectivity index (χ0n) is 43.2. The maximum atomic E-state index is 12.8. The SMILES string of the molecule is CC/C=C\C/C=C\C/C=C\CCCCCCCC(=O)O[C@H](COC(=O)CCCCCCC/C=C\CCCCCCC)COC(=O)CCCCCCCC/C=C\C/C=C\C/C=C\CCCCC. The van der Waals surface area contributed by atoms with Crippen LogP contribution in [0.5, 0.6) is 0 Å². The molecule has 0 aromatic rings. The summed E-state index contributed by atoms with van der Waals surface area (Å²) in [5, 5.41) is 0. The van der Waals surface area contributed by atoms with Crippen molar-refractivity contribution in [1.82, 2.24) is 0 Å². The van der Waals surface area contributed by atoms with Crippen LogP contribution in [0.15, 0.2) is 85.1 Å². The minimum absolute atomic E-state index is 0.0925. The Kier molecular flexibility index (Phi) is 51.4. The predicted molar refractivity (Wildman–Crippen MR) is 284 cm³/mol. The largest absolute Gasteiger partial charge is 0.462 e. The van der Waals surface area contributed by atoms with Crippen molar-refractivity contribution in [2.24, 2.45) is 0 Å². The van der Waals surface area contributed by atoms with Gasteiger partial charge in [-0.05, 0) is 116 Å². The van der Waals surface area contributed by atoms with Crippen molar-refractivity contribution in [3.05, 3.63) is 85.1 Å². The van der Waals surface area contributed by atoms with Gasteiger partial charge in [0.2, 0.25) is 0 Å². The quantitative estimate of drug-likeness (QED) is 0.0262. The van der Waals surface area contributed by atoms with Crippen LogP contribution in [0.25, 0.3) is 0 Å². The lowest BCUT2D eigenvalue weighted by Crippen LogP contribution is -2.30. The fourth-order valence-electron chi connectivity index (χ4n) is 7.46. The molecule has 0 aliphatic carbocycles. The van der Waals surface area contributed by atoms with E-state index in [1.165, 1.54) is 96.3 Å². The number of allylic oxidation sites excluding steroid dienone is 14. The number of ether oxygens (including phenoxy) is 3. The Morgan fingerprint density at radius 1 is 0.318 bits per heavy atom. The van der Waals surface area contributed by atoms with Gasteiger partial charge in [-0.1, -0.05) is 209 Å². The number of unbranched alkanes of at least 4 members (excludes halogenated alkanes) is 24. The highest BCUT2D eigenvalue weighted by atomic mass is 16.6. The molecule has 0 unspecified atom stereocenters. The molecule has 0 bridgehead atoms. The van der Waals surface area contributed by atoms with E-state index in [2.05, 4.69) is 106 Å². The van der Waals surface area contributed by atoms with Crippen LogP contribution in [0.1, 0.15) is 258 Å². The Morgan fingerprint density at radius 2 is 0.591 bits per heavy atom. The fourth-order valence-corrected chi connectivity index (χ4v) is 7.46. The molecule has 0 saturated carbocycles. The van der Waals surface area contributed by atoms with E-state index >= 15 is 0 Å². The normalized spacial score (nSPS) is 12.7. The molecule has 0 fully saturated rings. The van der Waals surface area contributed by atoms with Crippen LogP contribution >= 0.6 is 0 Å². The Labute approximate surface area is 407 Å². The molecule has 378 valence electrons. The summed E-state index contributed by atoms with van der Waals surface area (Å²) >= 11 is 0. The molecule has 0 amide bonds. The molecule has 0 aliphatic heterocycles. The zero-order valence-corrected chi connectivity index (χ0v) is 43.2. The monoisotopic (exact) mass is 919 g/mol. The molecular weight excluding hydrogens is 817 g/mol. The average Bonchev–Trinajstić information content (AvgIpc) is 3.31. The fraction of sp³-hybridized carbons (Fsp3) is 0.717. The molecule has 0 aromatic heterocycles. The summed E-state index contributed by atoms with van der Waals surface area (Å²) in [6.45, 7) is 6.46. The number of carbonyl (C=O) groups excluding carboxylic acids is 3. The van der Waals surface area contributed by atoms with Crippen LogP contribution in [0, 0.1) is 0 Å². The maximum Gasteiger partial charge on any atom is 0.306 e. The molecule has 0 radical (unpaired) electrons. The van der Waals surface area contributed by atoms with Gasteiger partial charge in [-0.15, -0.1) is 0 Å². The number of esters is 3. The van der Waals surface area contributed by atoms with E-state index in [-0.39, 0.29) is 31.1 Å². The minimum Gasteiger partial charge on any atom is -0.462 e. The van der Waals surface area contributed by atoms with Crippen LogP contribution in [0.2, 0.25) is 0 Å². The molecule has 0 heterocycles. The molecular formula is C60H102O6. The van der Waals surface area contributed by atoms with E-state index in [1.54, 1.807) is 0 Å². The number of hydrogen-bond donors (Lipinski definition) is 0. The zero-order chi connectivity index (χ0) is 47.9. The van der Waals surface area contributed by atoms with Gasteiger partial charge in [0, 0.05) is 19.3 Å². The van der Waals surface area contributed by atoms with Gasteiger partial charge < -0.3 is 14.2 Å². The van der Waals surface area contributed by atoms with Crippen molar-refractivity contribution in [3.8, 4) is 0 Å². The van der Waals surface area contributed by atoms with E-state index in [0.29, 0.717) is 19.3 Å². The third-order valence-electron chi connectivity index (χ3n) is 11.6. The van der Waals surface area contributed by atoms with Gasteiger partial charge in [0.15, 0.2) is 6.10 Å². The van der Waals surface area contributed by atoms with Gasteiger partial charge in [0.05, 0.1) is 0 Å². The Balaban J connectivity index is 4.44. The second kappa shape index (κ2) is 54.2. The minimum atomic E-state index is -0.795. The smallest absolute Gasteiger partial charge is 0.306 e. The first-order valence-electron chi connectivity index (χ1n) is 27.6. The second-order valence-electron chi connectivity index (χ2n) is 18.1. The molecule has 6 nitrogen and oxygen atoms in total. The Morgan fingerprint density at radius 3 is 0.970 bits per heavy atom. The highest BCUT2D eigenvalue weighted by Crippen LogP contribution is 2.14. The summed E-state index contributed by atoms with van der Waals surface area (Å²) in [5.74, 6) is -0.928. The average molecular weight is 919 g/mol. The Hall–Kier alpha value is -3.41. The van der Waals surface area contributed by atoms with E-state index in [1.807, 2.05) is 0 Å². The third kappa shape index (κ3) is 51.6. The molecule has 0 aromatic carbocycles. The summed E-state index contributed by atoms with van der Waals surface area (Å²) in [6.07, 6.45) is 69.9. The van der Waals surface area contributed by atoms with E-state index in [0.717, 1.165) is 122 Å². The molecule has 1 atom stereocenters. The second-order valence-corrected chi connectivity index (χ2v) is 18.1. The maximum absolute atomic E-state index is 12.8. The molecule has 66 heavy (non-hydrogen) atoms. The molecule has 0 rings (SSSR count). The third-order valence-corrected chi connectivity index (χ3v) is 11.6. The van der Waals surface area contributed by atoms with Crippen molar-refractivity contribution in [1.29, 1.82) is 0 Å². The van der Waals surface area contributed by atoms with E-state index < -0.39 is 6.10 Å². The molecule has 6 heteroatoms. The van der Waals surface area contributed by atoms with Gasteiger partial charge in [-0.2, -0.15) is 0 Å². The summed E-state index contributed by atoms with van der Waals surface area (Å²) in [5.41, 5.74) is 0. The first kappa shape index (κ1) is 62.6. The Bertz CT molecular complexity index is 1290. The molecule has 0 saturated heterocycles. The van der Waals surface area contributed by atoms with Gasteiger partial charge in [-0.25, -0.2) is 0 Å². The van der Waals surface area contributed by atoms with Crippen molar-refractivity contribution in [3.63, 3.8) is 0 Å². The van der Waals surface area contributed by atoms with Crippen molar-refractivity contribution in [2.75, 3.05) is 13.2 Å². The van der Waals surface area contributed by atoms with Crippen molar-refractivity contribution >= 4 is 17.9 Å².